The fourth-order valence-corrected chi connectivity index (χ4v) is 1.26. The molecule has 0 saturated heterocycles. The smallest absolute Gasteiger partial charge is 0.229 e. The second-order valence-electron chi connectivity index (χ2n) is 2.75. The second kappa shape index (κ2) is 4.00. The van der Waals surface area contributed by atoms with E-state index in [1.807, 2.05) is 12.1 Å². The fraction of sp³-hybridized carbons (Fsp3) is 0.200. The van der Waals surface area contributed by atoms with Crippen molar-refractivity contribution >= 4 is 19.2 Å². The van der Waals surface area contributed by atoms with Gasteiger partial charge in [0, 0.05) is 5.69 Å². The molecule has 0 aliphatic carbocycles. The zero-order valence-electron chi connectivity index (χ0n) is 7.72. The Labute approximate surface area is 74.8 Å². The Morgan fingerprint density at radius 2 is 2.25 bits per heavy atom. The first-order valence-corrected chi connectivity index (χ1v) is 4.25. The lowest BCUT2D eigenvalue weighted by molar-refractivity contribution is 1.44. The van der Waals surface area contributed by atoms with Gasteiger partial charge in [0.05, 0.1) is 0 Å². The van der Waals surface area contributed by atoms with Crippen LogP contribution in [0.25, 0.3) is 6.08 Å². The summed E-state index contributed by atoms with van der Waals surface area (Å²) < 4.78 is 0. The molecule has 0 aliphatic heterocycles. The fourth-order valence-electron chi connectivity index (χ4n) is 1.26. The molecular weight excluding hydrogens is 145 g/mol. The van der Waals surface area contributed by atoms with Crippen LogP contribution in [-0.4, -0.2) is 7.41 Å². The molecule has 0 fully saturated rings. The Balaban J connectivity index is 3.04. The summed E-state index contributed by atoms with van der Waals surface area (Å²) in [6.45, 7) is 7.97. The summed E-state index contributed by atoms with van der Waals surface area (Å²) >= 11 is 0. The van der Waals surface area contributed by atoms with E-state index >= 15 is 0 Å². The van der Waals surface area contributed by atoms with Crippen molar-refractivity contribution in [3.05, 3.63) is 35.9 Å². The van der Waals surface area contributed by atoms with Gasteiger partial charge >= 0.3 is 0 Å². The number of rotatable bonds is 3. The van der Waals surface area contributed by atoms with E-state index in [2.05, 4.69) is 37.7 Å². The molecule has 0 heterocycles. The Morgan fingerprint density at radius 1 is 1.50 bits per heavy atom. The topological polar surface area (TPSA) is 12.0 Å². The van der Waals surface area contributed by atoms with Crippen LogP contribution in [0.2, 0.25) is 6.82 Å². The van der Waals surface area contributed by atoms with Gasteiger partial charge in [0.15, 0.2) is 0 Å². The van der Waals surface area contributed by atoms with Gasteiger partial charge in [-0.1, -0.05) is 31.6 Å². The lowest BCUT2D eigenvalue weighted by Crippen LogP contribution is -2.02. The standard InChI is InChI=1S/C10H14BN/c1-4-9-6-5-7-10(8(9)2)12-11-3/h4-7,11-12H,1H2,2-3H3. The third-order valence-electron chi connectivity index (χ3n) is 1.96. The van der Waals surface area contributed by atoms with Gasteiger partial charge in [0.1, 0.15) is 0 Å². The maximum absolute atomic E-state index is 3.77. The Bertz CT molecular complexity index is 281. The third-order valence-corrected chi connectivity index (χ3v) is 1.96. The monoisotopic (exact) mass is 159 g/mol. The molecule has 0 saturated carbocycles. The van der Waals surface area contributed by atoms with Crippen LogP contribution in [0.1, 0.15) is 11.1 Å². The van der Waals surface area contributed by atoms with Gasteiger partial charge in [-0.05, 0) is 24.1 Å². The van der Waals surface area contributed by atoms with Crippen LogP contribution in [0, 0.1) is 6.92 Å². The highest BCUT2D eigenvalue weighted by Gasteiger charge is 1.98. The normalized spacial score (nSPS) is 9.17. The van der Waals surface area contributed by atoms with Crippen molar-refractivity contribution in [2.75, 3.05) is 5.23 Å². The van der Waals surface area contributed by atoms with Crippen molar-refractivity contribution in [3.63, 3.8) is 0 Å². The van der Waals surface area contributed by atoms with Gasteiger partial charge in [-0.2, -0.15) is 0 Å². The Morgan fingerprint density at radius 3 is 2.83 bits per heavy atom. The van der Waals surface area contributed by atoms with Crippen molar-refractivity contribution in [3.8, 4) is 0 Å². The molecule has 0 aliphatic rings. The molecule has 2 heteroatoms. The Hall–Kier alpha value is -1.18. The van der Waals surface area contributed by atoms with E-state index in [4.69, 9.17) is 0 Å². The largest absolute Gasteiger partial charge is 0.431 e. The van der Waals surface area contributed by atoms with E-state index in [1.54, 1.807) is 0 Å². The highest BCUT2D eigenvalue weighted by molar-refractivity contribution is 6.38. The van der Waals surface area contributed by atoms with Crippen LogP contribution in [0.5, 0.6) is 0 Å². The van der Waals surface area contributed by atoms with Gasteiger partial charge in [-0.3, -0.25) is 0 Å². The van der Waals surface area contributed by atoms with E-state index in [-0.39, 0.29) is 0 Å². The molecule has 0 aromatic heterocycles. The van der Waals surface area contributed by atoms with Gasteiger partial charge in [0.2, 0.25) is 7.41 Å². The van der Waals surface area contributed by atoms with Gasteiger partial charge in [-0.15, -0.1) is 0 Å². The minimum absolute atomic E-state index is 0.960. The van der Waals surface area contributed by atoms with E-state index in [9.17, 15) is 0 Å². The van der Waals surface area contributed by atoms with Crippen molar-refractivity contribution < 1.29 is 0 Å². The molecule has 0 radical (unpaired) electrons. The van der Waals surface area contributed by atoms with Crippen LogP contribution < -0.4 is 5.23 Å². The van der Waals surface area contributed by atoms with Crippen molar-refractivity contribution in [1.82, 2.24) is 0 Å². The summed E-state index contributed by atoms with van der Waals surface area (Å²) in [5, 5.41) is 3.30. The van der Waals surface area contributed by atoms with Crippen LogP contribution in [-0.2, 0) is 0 Å². The molecule has 0 amide bonds. The minimum Gasteiger partial charge on any atom is -0.431 e. The third kappa shape index (κ3) is 1.70. The SMILES string of the molecule is C=Cc1cccc(NBC)c1C. The number of hydrogen-bond donors (Lipinski definition) is 1. The molecule has 0 spiro atoms. The van der Waals surface area contributed by atoms with Crippen LogP contribution >= 0.6 is 0 Å². The van der Waals surface area contributed by atoms with Crippen molar-refractivity contribution in [2.45, 2.75) is 13.7 Å². The first-order chi connectivity index (χ1) is 5.79. The average Bonchev–Trinajstić information content (AvgIpc) is 2.09. The van der Waals surface area contributed by atoms with Crippen molar-refractivity contribution in [1.29, 1.82) is 0 Å². The van der Waals surface area contributed by atoms with E-state index in [1.165, 1.54) is 16.8 Å². The van der Waals surface area contributed by atoms with E-state index < -0.39 is 0 Å². The first-order valence-electron chi connectivity index (χ1n) is 4.25. The van der Waals surface area contributed by atoms with E-state index in [0.717, 1.165) is 7.41 Å². The van der Waals surface area contributed by atoms with Crippen LogP contribution in [0.4, 0.5) is 5.69 Å². The lowest BCUT2D eigenvalue weighted by Gasteiger charge is -2.08. The molecule has 0 bridgehead atoms. The predicted octanol–water partition coefficient (Wildman–Crippen LogP) is 2.45. The van der Waals surface area contributed by atoms with Gasteiger partial charge in [0.25, 0.3) is 0 Å². The van der Waals surface area contributed by atoms with Crippen molar-refractivity contribution in [2.24, 2.45) is 0 Å². The highest BCUT2D eigenvalue weighted by Crippen LogP contribution is 2.18. The summed E-state index contributed by atoms with van der Waals surface area (Å²) in [4.78, 5) is 0. The lowest BCUT2D eigenvalue weighted by atomic mass is 9.97. The minimum atomic E-state index is 0.960. The quantitative estimate of drug-likeness (QED) is 0.668. The first kappa shape index (κ1) is 8.92. The number of benzene rings is 1. The summed E-state index contributed by atoms with van der Waals surface area (Å²) in [5.74, 6) is 0. The average molecular weight is 159 g/mol. The maximum Gasteiger partial charge on any atom is 0.229 e. The number of anilines is 1. The number of hydrogen-bond acceptors (Lipinski definition) is 1. The summed E-state index contributed by atoms with van der Waals surface area (Å²) in [7, 11) is 0.960. The van der Waals surface area contributed by atoms with E-state index in [0.29, 0.717) is 0 Å². The highest BCUT2D eigenvalue weighted by atomic mass is 14.8. The molecule has 1 N–H and O–H groups in total. The summed E-state index contributed by atoms with van der Waals surface area (Å²) in [6.07, 6.45) is 1.89. The molecule has 0 atom stereocenters. The zero-order chi connectivity index (χ0) is 8.97. The number of nitrogens with one attached hydrogen (secondary N) is 1. The molecule has 0 unspecified atom stereocenters. The van der Waals surface area contributed by atoms with Gasteiger partial charge in [-0.25, -0.2) is 0 Å². The van der Waals surface area contributed by atoms with Crippen LogP contribution in [0.3, 0.4) is 0 Å². The second-order valence-corrected chi connectivity index (χ2v) is 2.75. The van der Waals surface area contributed by atoms with Gasteiger partial charge < -0.3 is 5.23 Å². The zero-order valence-corrected chi connectivity index (χ0v) is 7.72. The molecule has 62 valence electrons. The molecule has 1 nitrogen and oxygen atoms in total. The molecule has 1 aromatic rings. The Kier molecular flexibility index (Phi) is 2.97. The summed E-state index contributed by atoms with van der Waals surface area (Å²) in [6, 6.07) is 6.21. The summed E-state index contributed by atoms with van der Waals surface area (Å²) in [5.41, 5.74) is 3.68. The molecular formula is C10H14BN. The van der Waals surface area contributed by atoms with Crippen LogP contribution in [0.15, 0.2) is 24.8 Å². The molecule has 12 heavy (non-hydrogen) atoms. The molecule has 1 rings (SSSR count). The predicted molar refractivity (Wildman–Crippen MR) is 57.9 cm³/mol. The molecule has 1 aromatic carbocycles. The maximum atomic E-state index is 3.77.